The molecule has 2 N–H and O–H groups in total. The molecule has 6 heteroatoms. The quantitative estimate of drug-likeness (QED) is 0.732. The summed E-state index contributed by atoms with van der Waals surface area (Å²) in [5, 5.41) is 5.96. The molecule has 4 fully saturated rings. The van der Waals surface area contributed by atoms with Gasteiger partial charge in [-0.1, -0.05) is 13.8 Å². The third kappa shape index (κ3) is 3.78. The van der Waals surface area contributed by atoms with Gasteiger partial charge < -0.3 is 10.6 Å². The molecule has 5 rings (SSSR count). The molecule has 4 aliphatic carbocycles. The zero-order chi connectivity index (χ0) is 19.2. The summed E-state index contributed by atoms with van der Waals surface area (Å²) in [6.07, 6.45) is 8.57. The van der Waals surface area contributed by atoms with E-state index in [0.717, 1.165) is 23.7 Å². The lowest BCUT2D eigenvalue weighted by atomic mass is 9.49. The molecule has 27 heavy (non-hydrogen) atoms. The Hall–Kier alpha value is -1.43. The highest BCUT2D eigenvalue weighted by Gasteiger charge is 2.55. The normalized spacial score (nSPS) is 32.4. The molecule has 5 nitrogen and oxygen atoms in total. The number of nitrogens with zero attached hydrogens (tertiary/aromatic N) is 1. The van der Waals surface area contributed by atoms with Crippen molar-refractivity contribution in [2.45, 2.75) is 58.4 Å². The van der Waals surface area contributed by atoms with Gasteiger partial charge in [0.2, 0.25) is 11.8 Å². The molecule has 0 aromatic carbocycles. The summed E-state index contributed by atoms with van der Waals surface area (Å²) in [4.78, 5) is 30.3. The number of hydrogen-bond acceptors (Lipinski definition) is 3. The van der Waals surface area contributed by atoms with E-state index in [0.29, 0.717) is 23.6 Å². The van der Waals surface area contributed by atoms with Crippen LogP contribution in [0.3, 0.4) is 0 Å². The Morgan fingerprint density at radius 1 is 1.11 bits per heavy atom. The van der Waals surface area contributed by atoms with Gasteiger partial charge in [0.1, 0.15) is 11.9 Å². The monoisotopic (exact) mass is 433 g/mol. The van der Waals surface area contributed by atoms with Gasteiger partial charge in [-0.25, -0.2) is 4.98 Å². The van der Waals surface area contributed by atoms with Crippen LogP contribution in [0, 0.1) is 29.1 Å². The van der Waals surface area contributed by atoms with Crippen LogP contribution in [0.1, 0.15) is 52.4 Å². The average molecular weight is 434 g/mol. The SMILES string of the molecule is CC(C)C(NC(=O)C12CC3CC(CC(C3)C1)C2)C(=O)Nc1ccc(Br)cn1. The summed E-state index contributed by atoms with van der Waals surface area (Å²) < 4.78 is 0.857. The molecular weight excluding hydrogens is 406 g/mol. The van der Waals surface area contributed by atoms with Crippen LogP contribution in [-0.4, -0.2) is 22.8 Å². The fraction of sp³-hybridized carbons (Fsp3) is 0.667. The van der Waals surface area contributed by atoms with E-state index in [9.17, 15) is 9.59 Å². The molecule has 0 spiro atoms. The van der Waals surface area contributed by atoms with Gasteiger partial charge in [-0.3, -0.25) is 9.59 Å². The lowest BCUT2D eigenvalue weighted by Gasteiger charge is -2.55. The zero-order valence-electron chi connectivity index (χ0n) is 16.0. The lowest BCUT2D eigenvalue weighted by molar-refractivity contribution is -0.148. The second kappa shape index (κ2) is 7.19. The maximum absolute atomic E-state index is 13.3. The summed E-state index contributed by atoms with van der Waals surface area (Å²) in [5.41, 5.74) is -0.238. The Kier molecular flexibility index (Phi) is 5.04. The second-order valence-electron chi connectivity index (χ2n) is 9.24. The Morgan fingerprint density at radius 3 is 2.19 bits per heavy atom. The van der Waals surface area contributed by atoms with Gasteiger partial charge in [-0.05, 0) is 90.3 Å². The average Bonchev–Trinajstić information content (AvgIpc) is 2.59. The molecule has 4 bridgehead atoms. The first-order valence-corrected chi connectivity index (χ1v) is 10.9. The molecule has 0 radical (unpaired) electrons. The third-order valence-electron chi connectivity index (χ3n) is 6.73. The highest BCUT2D eigenvalue weighted by molar-refractivity contribution is 9.10. The van der Waals surface area contributed by atoms with Crippen molar-refractivity contribution in [1.29, 1.82) is 0 Å². The van der Waals surface area contributed by atoms with Gasteiger partial charge in [0.25, 0.3) is 0 Å². The van der Waals surface area contributed by atoms with Crippen LogP contribution in [0.4, 0.5) is 5.82 Å². The molecule has 1 unspecified atom stereocenters. The maximum Gasteiger partial charge on any atom is 0.248 e. The molecule has 1 heterocycles. The smallest absolute Gasteiger partial charge is 0.248 e. The van der Waals surface area contributed by atoms with Crippen LogP contribution < -0.4 is 10.6 Å². The molecule has 4 aliphatic rings. The topological polar surface area (TPSA) is 71.1 Å². The molecule has 4 saturated carbocycles. The predicted octanol–water partition coefficient (Wildman–Crippen LogP) is 4.14. The van der Waals surface area contributed by atoms with Gasteiger partial charge >= 0.3 is 0 Å². The molecule has 0 aliphatic heterocycles. The fourth-order valence-corrected chi connectivity index (χ4v) is 6.11. The summed E-state index contributed by atoms with van der Waals surface area (Å²) in [7, 11) is 0. The molecule has 0 saturated heterocycles. The van der Waals surface area contributed by atoms with E-state index in [1.807, 2.05) is 19.9 Å². The fourth-order valence-electron chi connectivity index (χ4n) is 5.87. The van der Waals surface area contributed by atoms with Gasteiger partial charge in [0, 0.05) is 16.1 Å². The van der Waals surface area contributed by atoms with Crippen molar-refractivity contribution in [3.05, 3.63) is 22.8 Å². The van der Waals surface area contributed by atoms with Crippen molar-refractivity contribution in [2.24, 2.45) is 29.1 Å². The number of halogens is 1. The maximum atomic E-state index is 13.3. The van der Waals surface area contributed by atoms with Gasteiger partial charge in [0.05, 0.1) is 0 Å². The standard InChI is InChI=1S/C21H28BrN3O2/c1-12(2)18(19(26)24-17-4-3-16(22)11-23-17)25-20(27)21-8-13-5-14(9-21)7-15(6-13)10-21/h3-4,11-15,18H,5-10H2,1-2H3,(H,25,27)(H,23,24,26). The predicted molar refractivity (Wildman–Crippen MR) is 108 cm³/mol. The Bertz CT molecular complexity index is 696. The van der Waals surface area contributed by atoms with Crippen molar-refractivity contribution in [1.82, 2.24) is 10.3 Å². The first-order valence-electron chi connectivity index (χ1n) is 10.1. The van der Waals surface area contributed by atoms with Crippen LogP contribution in [0.25, 0.3) is 0 Å². The first kappa shape index (κ1) is 18.9. The minimum absolute atomic E-state index is 0.0123. The van der Waals surface area contributed by atoms with Crippen molar-refractivity contribution in [3.63, 3.8) is 0 Å². The summed E-state index contributed by atoms with van der Waals surface area (Å²) in [6, 6.07) is 3.04. The number of amides is 2. The third-order valence-corrected chi connectivity index (χ3v) is 7.20. The molecule has 1 aromatic heterocycles. The van der Waals surface area contributed by atoms with Crippen LogP contribution in [-0.2, 0) is 9.59 Å². The molecule has 1 aromatic rings. The molecule has 2 amide bonds. The largest absolute Gasteiger partial charge is 0.344 e. The van der Waals surface area contributed by atoms with E-state index in [1.54, 1.807) is 12.3 Å². The van der Waals surface area contributed by atoms with E-state index in [2.05, 4.69) is 31.5 Å². The van der Waals surface area contributed by atoms with Gasteiger partial charge in [-0.15, -0.1) is 0 Å². The first-order chi connectivity index (χ1) is 12.8. The molecular formula is C21H28BrN3O2. The second-order valence-corrected chi connectivity index (χ2v) is 10.2. The highest BCUT2D eigenvalue weighted by Crippen LogP contribution is 2.60. The van der Waals surface area contributed by atoms with E-state index in [1.165, 1.54) is 19.3 Å². The number of aromatic nitrogens is 1. The van der Waals surface area contributed by atoms with Crippen molar-refractivity contribution >= 4 is 33.6 Å². The Balaban J connectivity index is 1.46. The summed E-state index contributed by atoms with van der Waals surface area (Å²) in [6.45, 7) is 3.94. The number of nitrogens with one attached hydrogen (secondary N) is 2. The highest BCUT2D eigenvalue weighted by atomic mass is 79.9. The van der Waals surface area contributed by atoms with Crippen molar-refractivity contribution < 1.29 is 9.59 Å². The number of carbonyl (C=O) groups excluding carboxylic acids is 2. The summed E-state index contributed by atoms with van der Waals surface area (Å²) >= 11 is 3.34. The van der Waals surface area contributed by atoms with E-state index < -0.39 is 6.04 Å². The minimum atomic E-state index is -0.545. The van der Waals surface area contributed by atoms with E-state index >= 15 is 0 Å². The van der Waals surface area contributed by atoms with Crippen LogP contribution in [0.5, 0.6) is 0 Å². The summed E-state index contributed by atoms with van der Waals surface area (Å²) in [5.74, 6) is 2.54. The van der Waals surface area contributed by atoms with Crippen molar-refractivity contribution in [2.75, 3.05) is 5.32 Å². The molecule has 146 valence electrons. The number of rotatable bonds is 5. The number of pyridine rings is 1. The number of hydrogen-bond donors (Lipinski definition) is 2. The number of carbonyl (C=O) groups is 2. The van der Waals surface area contributed by atoms with Crippen LogP contribution >= 0.6 is 15.9 Å². The van der Waals surface area contributed by atoms with Crippen LogP contribution in [0.15, 0.2) is 22.8 Å². The zero-order valence-corrected chi connectivity index (χ0v) is 17.6. The van der Waals surface area contributed by atoms with Crippen LogP contribution in [0.2, 0.25) is 0 Å². The van der Waals surface area contributed by atoms with Gasteiger partial charge in [-0.2, -0.15) is 0 Å². The Morgan fingerprint density at radius 2 is 1.70 bits per heavy atom. The number of anilines is 1. The van der Waals surface area contributed by atoms with Crippen molar-refractivity contribution in [3.8, 4) is 0 Å². The lowest BCUT2D eigenvalue weighted by Crippen LogP contribution is -2.57. The molecule has 1 atom stereocenters. The van der Waals surface area contributed by atoms with Gasteiger partial charge in [0.15, 0.2) is 0 Å². The minimum Gasteiger partial charge on any atom is -0.344 e. The Labute approximate surface area is 169 Å². The van der Waals surface area contributed by atoms with E-state index in [-0.39, 0.29) is 23.1 Å². The van der Waals surface area contributed by atoms with E-state index in [4.69, 9.17) is 0 Å².